The first kappa shape index (κ1) is 22.4. The number of nitrogens with zero attached hydrogens (tertiary/aromatic N) is 1. The van der Waals surface area contributed by atoms with Crippen LogP contribution in [-0.2, 0) is 14.6 Å². The van der Waals surface area contributed by atoms with E-state index in [1.807, 2.05) is 11.8 Å². The Bertz CT molecular complexity index is 864. The van der Waals surface area contributed by atoms with Gasteiger partial charge in [0.1, 0.15) is 0 Å². The first-order chi connectivity index (χ1) is 14.4. The summed E-state index contributed by atoms with van der Waals surface area (Å²) in [7, 11) is -2.97. The lowest BCUT2D eigenvalue weighted by atomic mass is 10.1. The Kier molecular flexibility index (Phi) is 7.58. The average Bonchev–Trinajstić information content (AvgIpc) is 3.10. The van der Waals surface area contributed by atoms with Crippen molar-refractivity contribution >= 4 is 21.7 Å². The highest BCUT2D eigenvalue weighted by Gasteiger charge is 2.28. The maximum atomic E-state index is 12.5. The normalized spacial score (nSPS) is 20.6. The Morgan fingerprint density at radius 1 is 1.13 bits per heavy atom. The van der Waals surface area contributed by atoms with E-state index in [1.165, 1.54) is 0 Å². The molecule has 1 unspecified atom stereocenters. The summed E-state index contributed by atoms with van der Waals surface area (Å²) in [4.78, 5) is 26.6. The van der Waals surface area contributed by atoms with E-state index in [9.17, 15) is 18.0 Å². The van der Waals surface area contributed by atoms with E-state index in [0.717, 1.165) is 32.4 Å². The summed E-state index contributed by atoms with van der Waals surface area (Å²) in [5.41, 5.74) is 0.397. The molecule has 0 bridgehead atoms. The smallest absolute Gasteiger partial charge is 0.260 e. The van der Waals surface area contributed by atoms with Gasteiger partial charge in [0.2, 0.25) is 0 Å². The van der Waals surface area contributed by atoms with Crippen molar-refractivity contribution in [2.45, 2.75) is 32.6 Å². The zero-order valence-corrected chi connectivity index (χ0v) is 18.2. The molecule has 30 heavy (non-hydrogen) atoms. The van der Waals surface area contributed by atoms with Crippen molar-refractivity contribution in [2.75, 3.05) is 44.4 Å². The third kappa shape index (κ3) is 6.10. The molecule has 0 radical (unpaired) electrons. The quantitative estimate of drug-likeness (QED) is 0.662. The van der Waals surface area contributed by atoms with Crippen LogP contribution in [0.25, 0.3) is 0 Å². The molecular weight excluding hydrogens is 408 g/mol. The molecule has 1 N–H and O–H groups in total. The number of likely N-dealkylation sites (tertiary alicyclic amines) is 1. The molecule has 1 aromatic carbocycles. The van der Waals surface area contributed by atoms with Gasteiger partial charge in [-0.15, -0.1) is 0 Å². The van der Waals surface area contributed by atoms with Crippen molar-refractivity contribution in [2.24, 2.45) is 5.92 Å². The Morgan fingerprint density at radius 2 is 1.90 bits per heavy atom. The number of hydrogen-bond donors (Lipinski definition) is 1. The standard InChI is InChI=1S/C21H30N2O6S/c1-2-28-19-12-17(21(25)22-13-16-8-11-30(26,27)15-16)6-7-18(19)29-14-20(24)23-9-4-3-5-10-23/h6-7,12,16H,2-5,8-11,13-15H2,1H3,(H,22,25). The fourth-order valence-corrected chi connectivity index (χ4v) is 5.64. The van der Waals surface area contributed by atoms with Crippen LogP contribution in [0.15, 0.2) is 18.2 Å². The Labute approximate surface area is 177 Å². The average molecular weight is 439 g/mol. The molecule has 9 heteroatoms. The van der Waals surface area contributed by atoms with Crippen molar-refractivity contribution in [1.82, 2.24) is 10.2 Å². The maximum absolute atomic E-state index is 12.5. The van der Waals surface area contributed by atoms with E-state index in [2.05, 4.69) is 5.32 Å². The number of ether oxygens (including phenoxy) is 2. The Balaban J connectivity index is 1.58. The van der Waals surface area contributed by atoms with Gasteiger partial charge in [0.25, 0.3) is 11.8 Å². The van der Waals surface area contributed by atoms with Gasteiger partial charge in [0.15, 0.2) is 27.9 Å². The van der Waals surface area contributed by atoms with Gasteiger partial charge in [-0.3, -0.25) is 9.59 Å². The summed E-state index contributed by atoms with van der Waals surface area (Å²) < 4.78 is 34.4. The number of benzene rings is 1. The highest BCUT2D eigenvalue weighted by molar-refractivity contribution is 7.91. The van der Waals surface area contributed by atoms with E-state index in [4.69, 9.17) is 9.47 Å². The first-order valence-corrected chi connectivity index (χ1v) is 12.4. The summed E-state index contributed by atoms with van der Waals surface area (Å²) in [6.07, 6.45) is 3.77. The minimum absolute atomic E-state index is 0.0475. The van der Waals surface area contributed by atoms with Gasteiger partial charge in [-0.05, 0) is 56.7 Å². The Morgan fingerprint density at radius 3 is 2.57 bits per heavy atom. The lowest BCUT2D eigenvalue weighted by molar-refractivity contribution is -0.134. The fourth-order valence-electron chi connectivity index (χ4n) is 3.78. The molecule has 1 aromatic rings. The molecule has 2 aliphatic rings. The number of nitrogens with one attached hydrogen (secondary N) is 1. The number of piperidine rings is 1. The molecule has 2 amide bonds. The molecule has 2 aliphatic heterocycles. The second kappa shape index (κ2) is 10.1. The van der Waals surface area contributed by atoms with Crippen molar-refractivity contribution in [3.63, 3.8) is 0 Å². The van der Waals surface area contributed by atoms with Crippen LogP contribution in [-0.4, -0.2) is 69.5 Å². The van der Waals surface area contributed by atoms with Gasteiger partial charge < -0.3 is 19.7 Å². The third-order valence-corrected chi connectivity index (χ3v) is 7.28. The Hall–Kier alpha value is -2.29. The van der Waals surface area contributed by atoms with E-state index in [-0.39, 0.29) is 35.8 Å². The number of carbonyl (C=O) groups excluding carboxylic acids is 2. The van der Waals surface area contributed by atoms with Crippen molar-refractivity contribution < 1.29 is 27.5 Å². The van der Waals surface area contributed by atoms with Gasteiger partial charge in [-0.2, -0.15) is 0 Å². The molecule has 2 saturated heterocycles. The predicted octanol–water partition coefficient (Wildman–Crippen LogP) is 1.64. The molecule has 166 valence electrons. The van der Waals surface area contributed by atoms with E-state index in [1.54, 1.807) is 18.2 Å². The third-order valence-electron chi connectivity index (χ3n) is 5.44. The highest BCUT2D eigenvalue weighted by atomic mass is 32.2. The summed E-state index contributed by atoms with van der Waals surface area (Å²) in [6, 6.07) is 4.83. The largest absolute Gasteiger partial charge is 0.490 e. The zero-order chi connectivity index (χ0) is 21.6. The zero-order valence-electron chi connectivity index (χ0n) is 17.4. The van der Waals surface area contributed by atoms with E-state index >= 15 is 0 Å². The lowest BCUT2D eigenvalue weighted by Gasteiger charge is -2.26. The minimum Gasteiger partial charge on any atom is -0.490 e. The van der Waals surface area contributed by atoms with E-state index in [0.29, 0.717) is 36.6 Å². The molecule has 0 saturated carbocycles. The van der Waals surface area contributed by atoms with Gasteiger partial charge >= 0.3 is 0 Å². The SMILES string of the molecule is CCOc1cc(C(=O)NCC2CCS(=O)(=O)C2)ccc1OCC(=O)N1CCCCC1. The van der Waals surface area contributed by atoms with Crippen LogP contribution in [0.3, 0.4) is 0 Å². The first-order valence-electron chi connectivity index (χ1n) is 10.5. The number of hydrogen-bond acceptors (Lipinski definition) is 6. The topological polar surface area (TPSA) is 102 Å². The summed E-state index contributed by atoms with van der Waals surface area (Å²) >= 11 is 0. The van der Waals surface area contributed by atoms with Crippen LogP contribution in [0.1, 0.15) is 43.0 Å². The maximum Gasteiger partial charge on any atom is 0.260 e. The molecule has 0 aromatic heterocycles. The van der Waals surface area contributed by atoms with Gasteiger partial charge in [-0.25, -0.2) is 8.42 Å². The molecule has 3 rings (SSSR count). The summed E-state index contributed by atoms with van der Waals surface area (Å²) in [6.45, 7) is 4.01. The minimum atomic E-state index is -2.97. The number of amides is 2. The van der Waals surface area contributed by atoms with Crippen LogP contribution in [0.2, 0.25) is 0 Å². The van der Waals surface area contributed by atoms with Crippen molar-refractivity contribution in [1.29, 1.82) is 0 Å². The van der Waals surface area contributed by atoms with E-state index < -0.39 is 9.84 Å². The van der Waals surface area contributed by atoms with Gasteiger partial charge in [0, 0.05) is 25.2 Å². The van der Waals surface area contributed by atoms with Gasteiger partial charge in [0.05, 0.1) is 18.1 Å². The number of rotatable bonds is 8. The van der Waals surface area contributed by atoms with Gasteiger partial charge in [-0.1, -0.05) is 0 Å². The second-order valence-electron chi connectivity index (χ2n) is 7.80. The van der Waals surface area contributed by atoms with Crippen LogP contribution in [0.4, 0.5) is 0 Å². The monoisotopic (exact) mass is 438 g/mol. The van der Waals surface area contributed by atoms with Crippen LogP contribution >= 0.6 is 0 Å². The molecule has 0 spiro atoms. The van der Waals surface area contributed by atoms with Crippen molar-refractivity contribution in [3.8, 4) is 11.5 Å². The lowest BCUT2D eigenvalue weighted by Crippen LogP contribution is -2.38. The summed E-state index contributed by atoms with van der Waals surface area (Å²) in [5, 5.41) is 2.80. The molecular formula is C21H30N2O6S. The van der Waals surface area contributed by atoms with Crippen LogP contribution in [0.5, 0.6) is 11.5 Å². The molecule has 1 atom stereocenters. The van der Waals surface area contributed by atoms with Crippen LogP contribution < -0.4 is 14.8 Å². The predicted molar refractivity (Wildman–Crippen MR) is 113 cm³/mol. The summed E-state index contributed by atoms with van der Waals surface area (Å²) in [5.74, 6) is 0.732. The highest BCUT2D eigenvalue weighted by Crippen LogP contribution is 2.29. The molecule has 0 aliphatic carbocycles. The van der Waals surface area contributed by atoms with Crippen LogP contribution in [0, 0.1) is 5.92 Å². The molecule has 8 nitrogen and oxygen atoms in total. The molecule has 2 fully saturated rings. The number of sulfone groups is 1. The second-order valence-corrected chi connectivity index (χ2v) is 10.0. The number of carbonyl (C=O) groups is 2. The molecule has 2 heterocycles. The van der Waals surface area contributed by atoms with Crippen molar-refractivity contribution in [3.05, 3.63) is 23.8 Å². The fraction of sp³-hybridized carbons (Fsp3) is 0.619.